The Morgan fingerprint density at radius 1 is 1.44 bits per heavy atom. The van der Waals surface area contributed by atoms with Gasteiger partial charge >= 0.3 is 11.9 Å². The first kappa shape index (κ1) is 12.5. The van der Waals surface area contributed by atoms with Crippen LogP contribution >= 0.6 is 0 Å². The Hall–Kier alpha value is -1.59. The summed E-state index contributed by atoms with van der Waals surface area (Å²) in [6.07, 6.45) is 0.480. The summed E-state index contributed by atoms with van der Waals surface area (Å²) >= 11 is 0. The topological polar surface area (TPSA) is 89.7 Å². The van der Waals surface area contributed by atoms with Gasteiger partial charge in [-0.2, -0.15) is 0 Å². The number of hydrogen-bond acceptors (Lipinski definition) is 4. The molecule has 0 aliphatic carbocycles. The van der Waals surface area contributed by atoms with Crippen molar-refractivity contribution in [2.45, 2.75) is 20.3 Å². The lowest BCUT2D eigenvalue weighted by Crippen LogP contribution is -2.41. The first-order valence-corrected chi connectivity index (χ1v) is 5.16. The van der Waals surface area contributed by atoms with Gasteiger partial charge in [0.1, 0.15) is 0 Å². The SMILES string of the molecule is CCOC(=O)C(=O)N1CCC(C)(C(N)=O)C1. The highest BCUT2D eigenvalue weighted by Gasteiger charge is 2.42. The molecule has 1 atom stereocenters. The zero-order valence-corrected chi connectivity index (χ0v) is 9.49. The maximum absolute atomic E-state index is 11.5. The van der Waals surface area contributed by atoms with Crippen molar-refractivity contribution in [1.82, 2.24) is 4.90 Å². The predicted octanol–water partition coefficient (Wildman–Crippen LogP) is -0.727. The Kier molecular flexibility index (Phi) is 3.51. The zero-order chi connectivity index (χ0) is 12.3. The van der Waals surface area contributed by atoms with Gasteiger partial charge in [0, 0.05) is 13.1 Å². The quantitative estimate of drug-likeness (QED) is 0.498. The second-order valence-corrected chi connectivity index (χ2v) is 4.12. The molecular formula is C10H16N2O4. The van der Waals surface area contributed by atoms with Gasteiger partial charge in [-0.1, -0.05) is 0 Å². The number of likely N-dealkylation sites (tertiary alicyclic amines) is 1. The number of primary amides is 1. The molecule has 16 heavy (non-hydrogen) atoms. The summed E-state index contributed by atoms with van der Waals surface area (Å²) in [5.74, 6) is -2.03. The average Bonchev–Trinajstić information content (AvgIpc) is 2.61. The molecule has 2 N–H and O–H groups in total. The lowest BCUT2D eigenvalue weighted by molar-refractivity contribution is -0.159. The van der Waals surface area contributed by atoms with Gasteiger partial charge < -0.3 is 15.4 Å². The molecule has 0 aromatic carbocycles. The standard InChI is InChI=1S/C10H16N2O4/c1-3-16-8(14)7(13)12-5-4-10(2,6-12)9(11)15/h3-6H2,1-2H3,(H2,11,15). The van der Waals surface area contributed by atoms with E-state index in [0.29, 0.717) is 13.0 Å². The van der Waals surface area contributed by atoms with Gasteiger partial charge in [0.25, 0.3) is 0 Å². The molecule has 1 heterocycles. The number of carbonyl (C=O) groups is 3. The molecule has 6 nitrogen and oxygen atoms in total. The van der Waals surface area contributed by atoms with E-state index in [4.69, 9.17) is 5.73 Å². The Balaban J connectivity index is 2.63. The second kappa shape index (κ2) is 4.51. The summed E-state index contributed by atoms with van der Waals surface area (Å²) in [5, 5.41) is 0. The van der Waals surface area contributed by atoms with Gasteiger partial charge in [0.2, 0.25) is 5.91 Å². The summed E-state index contributed by atoms with van der Waals surface area (Å²) in [7, 11) is 0. The second-order valence-electron chi connectivity index (χ2n) is 4.12. The minimum Gasteiger partial charge on any atom is -0.459 e. The summed E-state index contributed by atoms with van der Waals surface area (Å²) in [6.45, 7) is 4.01. The maximum Gasteiger partial charge on any atom is 0.397 e. The van der Waals surface area contributed by atoms with Crippen LogP contribution in [0.2, 0.25) is 0 Å². The van der Waals surface area contributed by atoms with Crippen molar-refractivity contribution >= 4 is 17.8 Å². The third kappa shape index (κ3) is 2.32. The number of rotatable bonds is 2. The van der Waals surface area contributed by atoms with Gasteiger partial charge in [-0.3, -0.25) is 9.59 Å². The summed E-state index contributed by atoms with van der Waals surface area (Å²) < 4.78 is 4.60. The van der Waals surface area contributed by atoms with Gasteiger partial charge in [-0.15, -0.1) is 0 Å². The highest BCUT2D eigenvalue weighted by molar-refractivity contribution is 6.32. The van der Waals surface area contributed by atoms with Crippen LogP contribution in [0.5, 0.6) is 0 Å². The van der Waals surface area contributed by atoms with Crippen molar-refractivity contribution in [2.75, 3.05) is 19.7 Å². The lowest BCUT2D eigenvalue weighted by Gasteiger charge is -2.20. The Morgan fingerprint density at radius 2 is 2.06 bits per heavy atom. The van der Waals surface area contributed by atoms with Crippen LogP contribution in [0.15, 0.2) is 0 Å². The fraction of sp³-hybridized carbons (Fsp3) is 0.700. The van der Waals surface area contributed by atoms with Crippen LogP contribution in [0.4, 0.5) is 0 Å². The molecular weight excluding hydrogens is 212 g/mol. The number of nitrogens with zero attached hydrogens (tertiary/aromatic N) is 1. The molecule has 1 fully saturated rings. The highest BCUT2D eigenvalue weighted by atomic mass is 16.5. The monoisotopic (exact) mass is 228 g/mol. The van der Waals surface area contributed by atoms with Crippen LogP contribution in [0.1, 0.15) is 20.3 Å². The van der Waals surface area contributed by atoms with Crippen LogP contribution < -0.4 is 5.73 Å². The van der Waals surface area contributed by atoms with E-state index in [1.807, 2.05) is 0 Å². The predicted molar refractivity (Wildman–Crippen MR) is 55.1 cm³/mol. The van der Waals surface area contributed by atoms with Crippen LogP contribution in [0.25, 0.3) is 0 Å². The summed E-state index contributed by atoms with van der Waals surface area (Å²) in [4.78, 5) is 35.2. The molecule has 0 aromatic heterocycles. The molecule has 0 bridgehead atoms. The minimum absolute atomic E-state index is 0.158. The lowest BCUT2D eigenvalue weighted by atomic mass is 9.89. The number of amides is 2. The molecule has 0 radical (unpaired) electrons. The Labute approximate surface area is 93.7 Å². The molecule has 1 aliphatic rings. The number of nitrogens with two attached hydrogens (primary N) is 1. The Morgan fingerprint density at radius 3 is 2.50 bits per heavy atom. The third-order valence-corrected chi connectivity index (χ3v) is 2.81. The number of hydrogen-bond donors (Lipinski definition) is 1. The van der Waals surface area contributed by atoms with Crippen molar-refractivity contribution < 1.29 is 19.1 Å². The van der Waals surface area contributed by atoms with E-state index < -0.39 is 23.2 Å². The molecule has 1 aliphatic heterocycles. The van der Waals surface area contributed by atoms with Crippen molar-refractivity contribution in [3.8, 4) is 0 Å². The van der Waals surface area contributed by atoms with Crippen LogP contribution in [-0.4, -0.2) is 42.4 Å². The first-order valence-electron chi connectivity index (χ1n) is 5.16. The van der Waals surface area contributed by atoms with E-state index in [0.717, 1.165) is 0 Å². The van der Waals surface area contributed by atoms with Gasteiger partial charge in [-0.05, 0) is 20.3 Å². The molecule has 1 saturated heterocycles. The van der Waals surface area contributed by atoms with E-state index in [1.165, 1.54) is 4.90 Å². The van der Waals surface area contributed by atoms with Crippen molar-refractivity contribution in [3.05, 3.63) is 0 Å². The normalized spacial score (nSPS) is 24.2. The van der Waals surface area contributed by atoms with E-state index in [2.05, 4.69) is 4.74 Å². The molecule has 2 amide bonds. The van der Waals surface area contributed by atoms with Crippen molar-refractivity contribution in [1.29, 1.82) is 0 Å². The van der Waals surface area contributed by atoms with Crippen LogP contribution in [0, 0.1) is 5.41 Å². The number of ether oxygens (including phenoxy) is 1. The largest absolute Gasteiger partial charge is 0.459 e. The van der Waals surface area contributed by atoms with Gasteiger partial charge in [0.05, 0.1) is 12.0 Å². The maximum atomic E-state index is 11.5. The van der Waals surface area contributed by atoms with E-state index in [9.17, 15) is 14.4 Å². The van der Waals surface area contributed by atoms with Gasteiger partial charge in [-0.25, -0.2) is 4.79 Å². The van der Waals surface area contributed by atoms with E-state index in [-0.39, 0.29) is 13.2 Å². The van der Waals surface area contributed by atoms with E-state index >= 15 is 0 Å². The molecule has 0 aromatic rings. The summed E-state index contributed by atoms with van der Waals surface area (Å²) in [6, 6.07) is 0. The highest BCUT2D eigenvalue weighted by Crippen LogP contribution is 2.29. The van der Waals surface area contributed by atoms with E-state index in [1.54, 1.807) is 13.8 Å². The minimum atomic E-state index is -0.878. The Bertz CT molecular complexity index is 329. The van der Waals surface area contributed by atoms with Gasteiger partial charge in [0.15, 0.2) is 0 Å². The van der Waals surface area contributed by atoms with Crippen molar-refractivity contribution in [2.24, 2.45) is 11.1 Å². The smallest absolute Gasteiger partial charge is 0.397 e. The average molecular weight is 228 g/mol. The first-order chi connectivity index (χ1) is 7.40. The zero-order valence-electron chi connectivity index (χ0n) is 9.49. The molecule has 0 spiro atoms. The third-order valence-electron chi connectivity index (χ3n) is 2.81. The fourth-order valence-electron chi connectivity index (χ4n) is 1.66. The summed E-state index contributed by atoms with van der Waals surface area (Å²) in [5.41, 5.74) is 4.50. The molecule has 1 rings (SSSR count). The molecule has 0 saturated carbocycles. The molecule has 1 unspecified atom stereocenters. The number of esters is 1. The van der Waals surface area contributed by atoms with Crippen LogP contribution in [-0.2, 0) is 19.1 Å². The fourth-order valence-corrected chi connectivity index (χ4v) is 1.66. The van der Waals surface area contributed by atoms with Crippen molar-refractivity contribution in [3.63, 3.8) is 0 Å². The molecule has 6 heteroatoms. The number of carbonyl (C=O) groups excluding carboxylic acids is 3. The van der Waals surface area contributed by atoms with Crippen LogP contribution in [0.3, 0.4) is 0 Å². The molecule has 90 valence electrons.